The van der Waals surface area contributed by atoms with Gasteiger partial charge in [0.25, 0.3) is 0 Å². The van der Waals surface area contributed by atoms with Crippen LogP contribution in [0.25, 0.3) is 21.8 Å². The van der Waals surface area contributed by atoms with Gasteiger partial charge in [0.15, 0.2) is 0 Å². The Morgan fingerprint density at radius 1 is 1.03 bits per heavy atom. The molecule has 0 unspecified atom stereocenters. The first-order valence-corrected chi connectivity index (χ1v) is 12.4. The Kier molecular flexibility index (Phi) is 7.37. The van der Waals surface area contributed by atoms with Gasteiger partial charge in [0.1, 0.15) is 24.2 Å². The molecule has 0 amide bonds. The topological polar surface area (TPSA) is 118 Å². The number of fused-ring (bicyclic) bond motifs is 2. The van der Waals surface area contributed by atoms with Crippen LogP contribution in [0.15, 0.2) is 79.0 Å². The third kappa shape index (κ3) is 5.37. The SMILES string of the molecule is COc1ccc(N(C)c2nc(NCCOC(=O)[C@H](N)Cc3c[nH]c4ccccc34)nc3ccccc23)cc1. The first-order chi connectivity index (χ1) is 18.5. The van der Waals surface area contributed by atoms with Gasteiger partial charge in [-0.2, -0.15) is 4.98 Å². The van der Waals surface area contributed by atoms with Crippen LogP contribution in [0.1, 0.15) is 5.56 Å². The number of para-hydroxylation sites is 2. The van der Waals surface area contributed by atoms with E-state index < -0.39 is 12.0 Å². The van der Waals surface area contributed by atoms with Crippen molar-refractivity contribution < 1.29 is 14.3 Å². The number of nitrogens with zero attached hydrogens (tertiary/aromatic N) is 3. The van der Waals surface area contributed by atoms with Gasteiger partial charge >= 0.3 is 5.97 Å². The van der Waals surface area contributed by atoms with Gasteiger partial charge in [-0.25, -0.2) is 4.98 Å². The normalized spacial score (nSPS) is 11.9. The molecule has 0 saturated carbocycles. The molecule has 9 nitrogen and oxygen atoms in total. The fourth-order valence-corrected chi connectivity index (χ4v) is 4.36. The maximum Gasteiger partial charge on any atom is 0.323 e. The number of aromatic amines is 1. The predicted molar refractivity (Wildman–Crippen MR) is 150 cm³/mol. The molecule has 2 heterocycles. The Morgan fingerprint density at radius 2 is 1.76 bits per heavy atom. The number of methoxy groups -OCH3 is 1. The summed E-state index contributed by atoms with van der Waals surface area (Å²) in [7, 11) is 3.60. The lowest BCUT2D eigenvalue weighted by Gasteiger charge is -2.21. The van der Waals surface area contributed by atoms with E-state index in [0.29, 0.717) is 18.9 Å². The molecule has 2 aromatic heterocycles. The van der Waals surface area contributed by atoms with Crippen molar-refractivity contribution in [3.63, 3.8) is 0 Å². The zero-order valence-corrected chi connectivity index (χ0v) is 21.3. The number of nitrogens with two attached hydrogens (primary N) is 1. The molecule has 0 aliphatic heterocycles. The van der Waals surface area contributed by atoms with E-state index in [-0.39, 0.29) is 6.61 Å². The molecule has 1 atom stereocenters. The maximum atomic E-state index is 12.5. The second kappa shape index (κ2) is 11.2. The number of carbonyl (C=O) groups excluding carboxylic acids is 1. The van der Waals surface area contributed by atoms with Crippen LogP contribution in [0.3, 0.4) is 0 Å². The van der Waals surface area contributed by atoms with Crippen LogP contribution in [-0.2, 0) is 16.0 Å². The highest BCUT2D eigenvalue weighted by atomic mass is 16.5. The van der Waals surface area contributed by atoms with Crippen LogP contribution in [0, 0.1) is 0 Å². The number of nitrogens with one attached hydrogen (secondary N) is 2. The number of aromatic nitrogens is 3. The second-order valence-corrected chi connectivity index (χ2v) is 8.91. The van der Waals surface area contributed by atoms with Gasteiger partial charge in [-0.3, -0.25) is 4.79 Å². The molecule has 0 spiro atoms. The van der Waals surface area contributed by atoms with Gasteiger partial charge < -0.3 is 30.4 Å². The third-order valence-corrected chi connectivity index (χ3v) is 6.41. The molecule has 38 heavy (non-hydrogen) atoms. The van der Waals surface area contributed by atoms with Gasteiger partial charge in [-0.15, -0.1) is 0 Å². The van der Waals surface area contributed by atoms with E-state index in [1.165, 1.54) is 0 Å². The van der Waals surface area contributed by atoms with Crippen LogP contribution in [0.4, 0.5) is 17.5 Å². The summed E-state index contributed by atoms with van der Waals surface area (Å²) in [4.78, 5) is 27.1. The van der Waals surface area contributed by atoms with Crippen molar-refractivity contribution in [2.24, 2.45) is 5.73 Å². The van der Waals surface area contributed by atoms with E-state index in [1.54, 1.807) is 7.11 Å². The number of hydrogen-bond donors (Lipinski definition) is 3. The van der Waals surface area contributed by atoms with E-state index in [9.17, 15) is 4.79 Å². The third-order valence-electron chi connectivity index (χ3n) is 6.41. The van der Waals surface area contributed by atoms with Crippen molar-refractivity contribution in [1.29, 1.82) is 0 Å². The zero-order valence-electron chi connectivity index (χ0n) is 21.3. The van der Waals surface area contributed by atoms with E-state index in [2.05, 4.69) is 15.3 Å². The maximum absolute atomic E-state index is 12.5. The molecule has 4 N–H and O–H groups in total. The van der Waals surface area contributed by atoms with Crippen molar-refractivity contribution in [2.45, 2.75) is 12.5 Å². The largest absolute Gasteiger partial charge is 0.497 e. The molecular weight excluding hydrogens is 480 g/mol. The van der Waals surface area contributed by atoms with Gasteiger partial charge in [-0.05, 0) is 48.0 Å². The number of esters is 1. The molecule has 0 bridgehead atoms. The summed E-state index contributed by atoms with van der Waals surface area (Å²) in [6.45, 7) is 0.482. The number of ether oxygens (including phenoxy) is 2. The molecule has 5 aromatic rings. The summed E-state index contributed by atoms with van der Waals surface area (Å²) in [5.41, 5.74) is 9.90. The molecule has 0 fully saturated rings. The fourth-order valence-electron chi connectivity index (χ4n) is 4.36. The monoisotopic (exact) mass is 510 g/mol. The van der Waals surface area contributed by atoms with Crippen molar-refractivity contribution >= 4 is 45.2 Å². The molecule has 5 rings (SSSR count). The minimum Gasteiger partial charge on any atom is -0.497 e. The van der Waals surface area contributed by atoms with Crippen LogP contribution in [-0.4, -0.2) is 54.3 Å². The number of rotatable bonds is 10. The lowest BCUT2D eigenvalue weighted by atomic mass is 10.1. The zero-order chi connectivity index (χ0) is 26.5. The minimum atomic E-state index is -0.754. The van der Waals surface area contributed by atoms with Crippen molar-refractivity contribution in [3.8, 4) is 5.75 Å². The fraction of sp³-hybridized carbons (Fsp3) is 0.207. The highest BCUT2D eigenvalue weighted by molar-refractivity contribution is 5.92. The van der Waals surface area contributed by atoms with E-state index in [0.717, 1.165) is 44.6 Å². The second-order valence-electron chi connectivity index (χ2n) is 8.91. The van der Waals surface area contributed by atoms with Gasteiger partial charge in [0, 0.05) is 41.6 Å². The van der Waals surface area contributed by atoms with Crippen molar-refractivity contribution in [2.75, 3.05) is 37.5 Å². The van der Waals surface area contributed by atoms with Crippen molar-refractivity contribution in [1.82, 2.24) is 15.0 Å². The molecule has 0 aliphatic rings. The summed E-state index contributed by atoms with van der Waals surface area (Å²) < 4.78 is 10.7. The molecular formula is C29H30N6O3. The number of carbonyl (C=O) groups is 1. The van der Waals surface area contributed by atoms with Gasteiger partial charge in [0.2, 0.25) is 5.95 Å². The van der Waals surface area contributed by atoms with Crippen LogP contribution >= 0.6 is 0 Å². The van der Waals surface area contributed by atoms with Gasteiger partial charge in [-0.1, -0.05) is 30.3 Å². The highest BCUT2D eigenvalue weighted by Crippen LogP contribution is 2.30. The summed E-state index contributed by atoms with van der Waals surface area (Å²) in [5, 5.41) is 5.15. The van der Waals surface area contributed by atoms with E-state index >= 15 is 0 Å². The Labute approximate surface area is 220 Å². The summed E-state index contributed by atoms with van der Waals surface area (Å²) in [6, 6.07) is 22.8. The average molecular weight is 511 g/mol. The summed E-state index contributed by atoms with van der Waals surface area (Å²) in [5.74, 6) is 1.53. The highest BCUT2D eigenvalue weighted by Gasteiger charge is 2.18. The van der Waals surface area contributed by atoms with E-state index in [1.807, 2.05) is 90.9 Å². The number of H-pyrrole nitrogens is 1. The van der Waals surface area contributed by atoms with Crippen molar-refractivity contribution in [3.05, 3.63) is 84.6 Å². The number of anilines is 3. The quantitative estimate of drug-likeness (QED) is 0.187. The summed E-state index contributed by atoms with van der Waals surface area (Å²) in [6.07, 6.45) is 2.28. The molecule has 194 valence electrons. The Morgan fingerprint density at radius 3 is 2.55 bits per heavy atom. The van der Waals surface area contributed by atoms with Gasteiger partial charge in [0.05, 0.1) is 19.2 Å². The van der Waals surface area contributed by atoms with Crippen LogP contribution in [0.2, 0.25) is 0 Å². The Bertz CT molecular complexity index is 1550. The Hall–Kier alpha value is -4.63. The molecule has 0 saturated heterocycles. The average Bonchev–Trinajstić information content (AvgIpc) is 3.37. The first-order valence-electron chi connectivity index (χ1n) is 12.4. The standard InChI is InChI=1S/C29H30N6O3/c1-35(20-11-13-21(37-2)14-12-20)27-23-8-4-6-10-26(23)33-29(34-27)31-15-16-38-28(36)24(30)17-19-18-32-25-9-5-3-7-22(19)25/h3-14,18,24,32H,15-17,30H2,1-2H3,(H,31,33,34)/t24-/m1/s1. The summed E-state index contributed by atoms with van der Waals surface area (Å²) >= 11 is 0. The molecule has 9 heteroatoms. The molecule has 0 aliphatic carbocycles. The minimum absolute atomic E-state index is 0.139. The Balaban J connectivity index is 1.22. The van der Waals surface area contributed by atoms with E-state index in [4.69, 9.17) is 20.2 Å². The lowest BCUT2D eigenvalue weighted by molar-refractivity contribution is -0.144. The van der Waals surface area contributed by atoms with Crippen LogP contribution < -0.4 is 20.7 Å². The van der Waals surface area contributed by atoms with Crippen LogP contribution in [0.5, 0.6) is 5.75 Å². The first kappa shape index (κ1) is 25.0. The number of benzene rings is 3. The number of hydrogen-bond acceptors (Lipinski definition) is 8. The lowest BCUT2D eigenvalue weighted by Crippen LogP contribution is -2.35. The molecule has 3 aromatic carbocycles. The molecule has 0 radical (unpaired) electrons. The smallest absolute Gasteiger partial charge is 0.323 e. The predicted octanol–water partition coefficient (Wildman–Crippen LogP) is 4.41.